The summed E-state index contributed by atoms with van der Waals surface area (Å²) in [6, 6.07) is 2.10. The average molecular weight is 402 g/mol. The van der Waals surface area contributed by atoms with E-state index in [1.54, 1.807) is 12.4 Å². The highest BCUT2D eigenvalue weighted by Crippen LogP contribution is 2.26. The number of hydrogen-bond donors (Lipinski definition) is 3. The van der Waals surface area contributed by atoms with E-state index >= 15 is 0 Å². The van der Waals surface area contributed by atoms with Crippen LogP contribution in [-0.4, -0.2) is 44.7 Å². The molecule has 0 aliphatic carbocycles. The zero-order chi connectivity index (χ0) is 21.1. The van der Waals surface area contributed by atoms with Crippen molar-refractivity contribution in [2.75, 3.05) is 24.7 Å². The second kappa shape index (κ2) is 11.8. The Morgan fingerprint density at radius 1 is 1.21 bits per heavy atom. The average Bonchev–Trinajstić information content (AvgIpc) is 2.69. The third-order valence-corrected chi connectivity index (χ3v) is 4.59. The van der Waals surface area contributed by atoms with Crippen LogP contribution in [0.5, 0.6) is 6.01 Å². The molecule has 0 saturated carbocycles. The van der Waals surface area contributed by atoms with Gasteiger partial charge in [-0.1, -0.05) is 19.3 Å². The van der Waals surface area contributed by atoms with Gasteiger partial charge in [-0.25, -0.2) is 15.0 Å². The van der Waals surface area contributed by atoms with Crippen molar-refractivity contribution in [3.05, 3.63) is 29.7 Å². The highest BCUT2D eigenvalue weighted by Gasteiger charge is 2.16. The first kappa shape index (κ1) is 22.3. The van der Waals surface area contributed by atoms with E-state index in [9.17, 15) is 9.90 Å². The molecule has 9 nitrogen and oxygen atoms in total. The minimum Gasteiger partial charge on any atom is -0.481 e. The number of hydrogen-bond acceptors (Lipinski definition) is 8. The van der Waals surface area contributed by atoms with Crippen molar-refractivity contribution >= 4 is 17.7 Å². The van der Waals surface area contributed by atoms with Gasteiger partial charge in [0, 0.05) is 30.7 Å². The molecule has 4 N–H and O–H groups in total. The second-order valence-corrected chi connectivity index (χ2v) is 6.89. The minimum absolute atomic E-state index is 0.0725. The summed E-state index contributed by atoms with van der Waals surface area (Å²) < 4.78 is 4.96. The molecule has 2 aromatic rings. The fourth-order valence-electron chi connectivity index (χ4n) is 3.17. The molecule has 1 atom stereocenters. The summed E-state index contributed by atoms with van der Waals surface area (Å²) in [5.41, 5.74) is 7.60. The summed E-state index contributed by atoms with van der Waals surface area (Å²) in [5.74, 6) is 0.135. The van der Waals surface area contributed by atoms with Gasteiger partial charge in [-0.2, -0.15) is 4.98 Å². The fourth-order valence-corrected chi connectivity index (χ4v) is 3.17. The maximum atomic E-state index is 11.2. The largest absolute Gasteiger partial charge is 0.481 e. The molecule has 0 unspecified atom stereocenters. The lowest BCUT2D eigenvalue weighted by Crippen LogP contribution is -2.08. The number of aliphatic carboxylic acids is 1. The SMILES string of the molecule is CCNc1nc(N)cc(CCCCCC[C@@H](CC(=O)O)c2cnc(OC)nc2)n1. The number of nitrogens with two attached hydrogens (primary N) is 1. The number of carboxylic acids is 1. The van der Waals surface area contributed by atoms with Gasteiger partial charge in [0.1, 0.15) is 5.82 Å². The van der Waals surface area contributed by atoms with Crippen LogP contribution in [0.25, 0.3) is 0 Å². The number of aromatic nitrogens is 4. The molecule has 2 aromatic heterocycles. The standard InChI is InChI=1S/C20H30N6O3/c1-3-22-19-25-16(11-17(21)26-19)9-7-5-4-6-8-14(10-18(27)28)15-12-23-20(29-2)24-13-15/h11-14H,3-10H2,1-2H3,(H,27,28)(H3,21,22,25,26)/t14-/m0/s1. The Kier molecular flexibility index (Phi) is 9.07. The van der Waals surface area contributed by atoms with Crippen LogP contribution in [0.2, 0.25) is 0 Å². The van der Waals surface area contributed by atoms with Crippen LogP contribution < -0.4 is 15.8 Å². The van der Waals surface area contributed by atoms with Gasteiger partial charge >= 0.3 is 12.0 Å². The molecule has 9 heteroatoms. The number of nitrogens with zero attached hydrogens (tertiary/aromatic N) is 4. The molecule has 0 fully saturated rings. The summed E-state index contributed by atoms with van der Waals surface area (Å²) in [4.78, 5) is 28.0. The molecular weight excluding hydrogens is 372 g/mol. The van der Waals surface area contributed by atoms with Crippen LogP contribution in [0.4, 0.5) is 11.8 Å². The van der Waals surface area contributed by atoms with E-state index < -0.39 is 5.97 Å². The summed E-state index contributed by atoms with van der Waals surface area (Å²) in [5, 5.41) is 12.3. The van der Waals surface area contributed by atoms with Crippen molar-refractivity contribution in [2.24, 2.45) is 0 Å². The van der Waals surface area contributed by atoms with Gasteiger partial charge in [0.25, 0.3) is 0 Å². The smallest absolute Gasteiger partial charge is 0.316 e. The summed E-state index contributed by atoms with van der Waals surface area (Å²) in [6.45, 7) is 2.74. The molecule has 0 aliphatic heterocycles. The zero-order valence-electron chi connectivity index (χ0n) is 17.1. The van der Waals surface area contributed by atoms with Crippen LogP contribution in [0, 0.1) is 0 Å². The number of carbonyl (C=O) groups is 1. The van der Waals surface area contributed by atoms with Crippen LogP contribution >= 0.6 is 0 Å². The Morgan fingerprint density at radius 2 is 1.93 bits per heavy atom. The molecular formula is C20H30N6O3. The third-order valence-electron chi connectivity index (χ3n) is 4.59. The number of nitrogen functional groups attached to an aromatic ring is 1. The lowest BCUT2D eigenvalue weighted by molar-refractivity contribution is -0.137. The second-order valence-electron chi connectivity index (χ2n) is 6.89. The Hall–Kier alpha value is -2.97. The summed E-state index contributed by atoms with van der Waals surface area (Å²) >= 11 is 0. The third kappa shape index (κ3) is 7.89. The topological polar surface area (TPSA) is 136 Å². The van der Waals surface area contributed by atoms with Crippen molar-refractivity contribution in [2.45, 2.75) is 57.8 Å². The van der Waals surface area contributed by atoms with Crippen molar-refractivity contribution < 1.29 is 14.6 Å². The molecule has 29 heavy (non-hydrogen) atoms. The van der Waals surface area contributed by atoms with Gasteiger partial charge in [-0.05, 0) is 37.7 Å². The first-order valence-electron chi connectivity index (χ1n) is 9.96. The molecule has 2 rings (SSSR count). The lowest BCUT2D eigenvalue weighted by atomic mass is 9.92. The zero-order valence-corrected chi connectivity index (χ0v) is 17.1. The first-order valence-corrected chi connectivity index (χ1v) is 9.96. The normalized spacial score (nSPS) is 11.8. The van der Waals surface area contributed by atoms with Crippen molar-refractivity contribution in [3.8, 4) is 6.01 Å². The Bertz CT molecular complexity index is 769. The van der Waals surface area contributed by atoms with Gasteiger partial charge < -0.3 is 20.9 Å². The van der Waals surface area contributed by atoms with Gasteiger partial charge in [-0.3, -0.25) is 4.79 Å². The van der Waals surface area contributed by atoms with Gasteiger partial charge in [-0.15, -0.1) is 0 Å². The number of rotatable bonds is 13. The Morgan fingerprint density at radius 3 is 2.59 bits per heavy atom. The fraction of sp³-hybridized carbons (Fsp3) is 0.550. The van der Waals surface area contributed by atoms with Crippen molar-refractivity contribution in [3.63, 3.8) is 0 Å². The number of nitrogens with one attached hydrogen (secondary N) is 1. The van der Waals surface area contributed by atoms with E-state index in [1.807, 2.05) is 13.0 Å². The summed E-state index contributed by atoms with van der Waals surface area (Å²) in [7, 11) is 1.50. The predicted octanol–water partition coefficient (Wildman–Crippen LogP) is 3.04. The lowest BCUT2D eigenvalue weighted by Gasteiger charge is -2.14. The number of carboxylic acid groups (broad SMARTS) is 1. The van der Waals surface area contributed by atoms with Gasteiger partial charge in [0.15, 0.2) is 0 Å². The van der Waals surface area contributed by atoms with Gasteiger partial charge in [0.05, 0.1) is 13.5 Å². The van der Waals surface area contributed by atoms with E-state index in [1.165, 1.54) is 7.11 Å². The molecule has 0 spiro atoms. The molecule has 0 saturated heterocycles. The Balaban J connectivity index is 1.77. The molecule has 0 aromatic carbocycles. The first-order chi connectivity index (χ1) is 14.0. The minimum atomic E-state index is -0.816. The van der Waals surface area contributed by atoms with E-state index in [0.29, 0.717) is 11.8 Å². The highest BCUT2D eigenvalue weighted by molar-refractivity contribution is 5.68. The maximum absolute atomic E-state index is 11.2. The Labute approximate surface area is 171 Å². The van der Waals surface area contributed by atoms with Crippen LogP contribution in [0.1, 0.15) is 62.6 Å². The van der Waals surface area contributed by atoms with Gasteiger partial charge in [0.2, 0.25) is 5.95 Å². The van der Waals surface area contributed by atoms with E-state index in [2.05, 4.69) is 25.3 Å². The van der Waals surface area contributed by atoms with E-state index in [4.69, 9.17) is 10.5 Å². The molecule has 0 radical (unpaired) electrons. The highest BCUT2D eigenvalue weighted by atomic mass is 16.5. The number of unbranched alkanes of at least 4 members (excludes halogenated alkanes) is 3. The van der Waals surface area contributed by atoms with E-state index in [-0.39, 0.29) is 18.3 Å². The number of aryl methyl sites for hydroxylation is 1. The molecule has 0 bridgehead atoms. The molecule has 2 heterocycles. The summed E-state index contributed by atoms with van der Waals surface area (Å²) in [6.07, 6.45) is 9.01. The monoisotopic (exact) mass is 402 g/mol. The predicted molar refractivity (Wildman–Crippen MR) is 111 cm³/mol. The number of anilines is 2. The maximum Gasteiger partial charge on any atom is 0.316 e. The molecule has 0 aliphatic rings. The van der Waals surface area contributed by atoms with Crippen LogP contribution in [0.15, 0.2) is 18.5 Å². The van der Waals surface area contributed by atoms with Crippen molar-refractivity contribution in [1.29, 1.82) is 0 Å². The van der Waals surface area contributed by atoms with Crippen LogP contribution in [-0.2, 0) is 11.2 Å². The molecule has 0 amide bonds. The quantitative estimate of drug-likeness (QED) is 0.432. The number of methoxy groups -OCH3 is 1. The van der Waals surface area contributed by atoms with E-state index in [0.717, 1.165) is 56.3 Å². The molecule has 158 valence electrons. The van der Waals surface area contributed by atoms with Crippen LogP contribution in [0.3, 0.4) is 0 Å². The number of ether oxygens (including phenoxy) is 1. The van der Waals surface area contributed by atoms with Crippen molar-refractivity contribution in [1.82, 2.24) is 19.9 Å².